The van der Waals surface area contributed by atoms with Gasteiger partial charge in [-0.2, -0.15) is 0 Å². The van der Waals surface area contributed by atoms with E-state index in [9.17, 15) is 0 Å². The summed E-state index contributed by atoms with van der Waals surface area (Å²) in [6.45, 7) is 6.71. The van der Waals surface area contributed by atoms with Crippen LogP contribution in [0, 0.1) is 5.92 Å². The Kier molecular flexibility index (Phi) is 4.52. The van der Waals surface area contributed by atoms with Crippen LogP contribution in [0.25, 0.3) is 0 Å². The molecule has 1 aliphatic rings. The highest BCUT2D eigenvalue weighted by Crippen LogP contribution is 2.32. The van der Waals surface area contributed by atoms with Crippen LogP contribution in [0.15, 0.2) is 18.2 Å². The zero-order chi connectivity index (χ0) is 13.1. The highest BCUT2D eigenvalue weighted by atomic mass is 35.5. The van der Waals surface area contributed by atoms with Gasteiger partial charge in [-0.25, -0.2) is 0 Å². The highest BCUT2D eigenvalue weighted by molar-refractivity contribution is 6.30. The van der Waals surface area contributed by atoms with Gasteiger partial charge in [0.05, 0.1) is 0 Å². The van der Waals surface area contributed by atoms with Crippen molar-refractivity contribution in [3.8, 4) is 0 Å². The molecule has 0 amide bonds. The van der Waals surface area contributed by atoms with E-state index in [1.54, 1.807) is 0 Å². The minimum Gasteiger partial charge on any atom is -0.368 e. The summed E-state index contributed by atoms with van der Waals surface area (Å²) in [5.74, 6) is 0.761. The van der Waals surface area contributed by atoms with E-state index in [0.717, 1.165) is 24.0 Å². The SMILES string of the molecule is CNCc1cc(Cl)ccc1N1CCCC(C)C1C. The molecule has 2 atom stereocenters. The summed E-state index contributed by atoms with van der Waals surface area (Å²) >= 11 is 6.11. The number of hydrogen-bond acceptors (Lipinski definition) is 2. The van der Waals surface area contributed by atoms with Gasteiger partial charge in [0.1, 0.15) is 0 Å². The molecular formula is C15H23ClN2. The van der Waals surface area contributed by atoms with E-state index in [0.29, 0.717) is 6.04 Å². The number of piperidine rings is 1. The van der Waals surface area contributed by atoms with Gasteiger partial charge < -0.3 is 10.2 Å². The molecule has 1 aromatic carbocycles. The summed E-state index contributed by atoms with van der Waals surface area (Å²) in [7, 11) is 1.98. The first-order valence-corrected chi connectivity index (χ1v) is 7.21. The van der Waals surface area contributed by atoms with Gasteiger partial charge >= 0.3 is 0 Å². The van der Waals surface area contributed by atoms with Crippen LogP contribution in [0.2, 0.25) is 5.02 Å². The maximum atomic E-state index is 6.11. The fraction of sp³-hybridized carbons (Fsp3) is 0.600. The van der Waals surface area contributed by atoms with Crippen molar-refractivity contribution in [3.05, 3.63) is 28.8 Å². The highest BCUT2D eigenvalue weighted by Gasteiger charge is 2.26. The van der Waals surface area contributed by atoms with E-state index >= 15 is 0 Å². The number of rotatable bonds is 3. The molecule has 1 heterocycles. The van der Waals surface area contributed by atoms with Crippen molar-refractivity contribution in [2.75, 3.05) is 18.5 Å². The molecule has 1 aliphatic heterocycles. The van der Waals surface area contributed by atoms with E-state index < -0.39 is 0 Å². The van der Waals surface area contributed by atoms with Crippen LogP contribution in [0.5, 0.6) is 0 Å². The Morgan fingerprint density at radius 2 is 2.17 bits per heavy atom. The maximum absolute atomic E-state index is 6.11. The predicted octanol–water partition coefficient (Wildman–Crippen LogP) is 3.68. The first-order chi connectivity index (χ1) is 8.63. The summed E-state index contributed by atoms with van der Waals surface area (Å²) in [5.41, 5.74) is 2.64. The first-order valence-electron chi connectivity index (χ1n) is 6.83. The predicted molar refractivity (Wildman–Crippen MR) is 79.4 cm³/mol. The molecule has 0 saturated carbocycles. The Morgan fingerprint density at radius 3 is 2.89 bits per heavy atom. The van der Waals surface area contributed by atoms with Crippen LogP contribution in [0.3, 0.4) is 0 Å². The van der Waals surface area contributed by atoms with Gasteiger partial charge in [0, 0.05) is 29.8 Å². The van der Waals surface area contributed by atoms with Crippen LogP contribution in [-0.2, 0) is 6.54 Å². The van der Waals surface area contributed by atoms with Gasteiger partial charge in [-0.3, -0.25) is 0 Å². The van der Waals surface area contributed by atoms with Crippen molar-refractivity contribution in [1.29, 1.82) is 0 Å². The normalized spacial score (nSPS) is 24.3. The van der Waals surface area contributed by atoms with E-state index in [4.69, 9.17) is 11.6 Å². The monoisotopic (exact) mass is 266 g/mol. The van der Waals surface area contributed by atoms with Crippen LogP contribution >= 0.6 is 11.6 Å². The molecule has 2 unspecified atom stereocenters. The minimum atomic E-state index is 0.607. The Morgan fingerprint density at radius 1 is 1.39 bits per heavy atom. The number of halogens is 1. The van der Waals surface area contributed by atoms with Crippen LogP contribution in [0.1, 0.15) is 32.3 Å². The van der Waals surface area contributed by atoms with Gasteiger partial charge in [-0.1, -0.05) is 18.5 Å². The number of benzene rings is 1. The second-order valence-electron chi connectivity index (χ2n) is 5.36. The molecule has 1 aromatic rings. The summed E-state index contributed by atoms with van der Waals surface area (Å²) in [6.07, 6.45) is 2.62. The first kappa shape index (κ1) is 13.7. The van der Waals surface area contributed by atoms with E-state index in [-0.39, 0.29) is 0 Å². The lowest BCUT2D eigenvalue weighted by atomic mass is 9.91. The minimum absolute atomic E-state index is 0.607. The third kappa shape index (κ3) is 2.81. The Hall–Kier alpha value is -0.730. The molecule has 18 heavy (non-hydrogen) atoms. The maximum Gasteiger partial charge on any atom is 0.0415 e. The zero-order valence-electron chi connectivity index (χ0n) is 11.5. The molecule has 2 nitrogen and oxygen atoms in total. The molecule has 0 spiro atoms. The van der Waals surface area contributed by atoms with Gasteiger partial charge in [-0.15, -0.1) is 0 Å². The van der Waals surface area contributed by atoms with Crippen molar-refractivity contribution >= 4 is 17.3 Å². The molecule has 3 heteroatoms. The quantitative estimate of drug-likeness (QED) is 0.898. The number of nitrogens with one attached hydrogen (secondary N) is 1. The Balaban J connectivity index is 2.31. The summed E-state index contributed by atoms with van der Waals surface area (Å²) in [5, 5.41) is 4.05. The standard InChI is InChI=1S/C15H23ClN2/c1-11-5-4-8-18(12(11)2)15-7-6-14(16)9-13(15)10-17-3/h6-7,9,11-12,17H,4-5,8,10H2,1-3H3. The lowest BCUT2D eigenvalue weighted by Crippen LogP contribution is -2.43. The van der Waals surface area contributed by atoms with Crippen LogP contribution in [0.4, 0.5) is 5.69 Å². The molecule has 1 fully saturated rings. The second-order valence-corrected chi connectivity index (χ2v) is 5.79. The number of hydrogen-bond donors (Lipinski definition) is 1. The summed E-state index contributed by atoms with van der Waals surface area (Å²) in [6, 6.07) is 6.86. The third-order valence-corrected chi connectivity index (χ3v) is 4.33. The second kappa shape index (κ2) is 5.94. The van der Waals surface area contributed by atoms with E-state index in [1.165, 1.54) is 24.1 Å². The molecule has 0 bridgehead atoms. The molecule has 0 aliphatic carbocycles. The molecule has 1 N–H and O–H groups in total. The molecule has 2 rings (SSSR count). The molecule has 0 radical (unpaired) electrons. The van der Waals surface area contributed by atoms with E-state index in [2.05, 4.69) is 36.2 Å². The molecule has 1 saturated heterocycles. The van der Waals surface area contributed by atoms with Gasteiger partial charge in [0.25, 0.3) is 0 Å². The van der Waals surface area contributed by atoms with Gasteiger partial charge in [-0.05, 0) is 56.5 Å². The third-order valence-electron chi connectivity index (χ3n) is 4.09. The molecule has 100 valence electrons. The van der Waals surface area contributed by atoms with Crippen LogP contribution in [-0.4, -0.2) is 19.6 Å². The van der Waals surface area contributed by atoms with Crippen LogP contribution < -0.4 is 10.2 Å². The van der Waals surface area contributed by atoms with Crippen molar-refractivity contribution < 1.29 is 0 Å². The van der Waals surface area contributed by atoms with E-state index in [1.807, 2.05) is 13.1 Å². The topological polar surface area (TPSA) is 15.3 Å². The molecular weight excluding hydrogens is 244 g/mol. The summed E-state index contributed by atoms with van der Waals surface area (Å²) in [4.78, 5) is 2.54. The number of nitrogens with zero attached hydrogens (tertiary/aromatic N) is 1. The van der Waals surface area contributed by atoms with Gasteiger partial charge in [0.2, 0.25) is 0 Å². The average molecular weight is 267 g/mol. The Labute approximate surface area is 115 Å². The van der Waals surface area contributed by atoms with Crippen molar-refractivity contribution in [1.82, 2.24) is 5.32 Å². The average Bonchev–Trinajstić information content (AvgIpc) is 2.34. The van der Waals surface area contributed by atoms with Crippen molar-refractivity contribution in [2.24, 2.45) is 5.92 Å². The number of anilines is 1. The van der Waals surface area contributed by atoms with Crippen molar-refractivity contribution in [3.63, 3.8) is 0 Å². The lowest BCUT2D eigenvalue weighted by Gasteiger charge is -2.40. The lowest BCUT2D eigenvalue weighted by molar-refractivity contribution is 0.363. The fourth-order valence-corrected chi connectivity index (χ4v) is 3.04. The smallest absolute Gasteiger partial charge is 0.0415 e. The Bertz CT molecular complexity index is 405. The zero-order valence-corrected chi connectivity index (χ0v) is 12.3. The largest absolute Gasteiger partial charge is 0.368 e. The van der Waals surface area contributed by atoms with Crippen molar-refractivity contribution in [2.45, 2.75) is 39.3 Å². The molecule has 0 aromatic heterocycles. The summed E-state index contributed by atoms with van der Waals surface area (Å²) < 4.78 is 0. The van der Waals surface area contributed by atoms with Gasteiger partial charge in [0.15, 0.2) is 0 Å². The fourth-order valence-electron chi connectivity index (χ4n) is 2.84.